The zero-order valence-corrected chi connectivity index (χ0v) is 23.2. The number of anilines is 3. The van der Waals surface area contributed by atoms with Crippen molar-refractivity contribution in [3.63, 3.8) is 0 Å². The molecule has 5 rings (SSSR count). The van der Waals surface area contributed by atoms with Crippen LogP contribution in [0.15, 0.2) is 18.3 Å². The van der Waals surface area contributed by atoms with E-state index in [9.17, 15) is 9.59 Å². The molecule has 2 fully saturated rings. The van der Waals surface area contributed by atoms with Crippen LogP contribution in [-0.2, 0) is 9.59 Å². The van der Waals surface area contributed by atoms with Gasteiger partial charge in [-0.1, -0.05) is 34.8 Å². The molecule has 0 atom stereocenters. The van der Waals surface area contributed by atoms with Crippen LogP contribution in [0.5, 0.6) is 0 Å². The number of aromatic nitrogens is 4. The van der Waals surface area contributed by atoms with Crippen LogP contribution in [0, 0.1) is 5.92 Å². The van der Waals surface area contributed by atoms with Crippen LogP contribution < -0.4 is 16.4 Å². The van der Waals surface area contributed by atoms with Crippen LogP contribution in [-0.4, -0.2) is 55.4 Å². The topological polar surface area (TPSA) is 131 Å². The van der Waals surface area contributed by atoms with E-state index in [4.69, 9.17) is 50.5 Å². The summed E-state index contributed by atoms with van der Waals surface area (Å²) in [7, 11) is 0. The summed E-state index contributed by atoms with van der Waals surface area (Å²) in [5.41, 5.74) is 7.34. The standard InChI is InChI=1S/C25H29Cl3N8O2/c1-13(37)35-8-6-16(7-9-35)31-24-30-12-20-23(34-24)36(17-4-2-14(3-5-17)22(29)38)25(32-20)33-21-18(27)10-15(26)11-19(21)28/h10-12,14,16-17H,2-9H2,1H3,(H2,29,38)(H,32,33)(H,30,31,34)/t14-,17+. The average Bonchev–Trinajstić information content (AvgIpc) is 3.24. The molecule has 1 saturated heterocycles. The molecular formula is C25H29Cl3N8O2. The van der Waals surface area contributed by atoms with Crippen LogP contribution in [0.2, 0.25) is 15.1 Å². The van der Waals surface area contributed by atoms with Crippen LogP contribution in [0.25, 0.3) is 11.2 Å². The van der Waals surface area contributed by atoms with Crippen molar-refractivity contribution in [2.75, 3.05) is 23.7 Å². The lowest BCUT2D eigenvalue weighted by Gasteiger charge is -2.31. The van der Waals surface area contributed by atoms with Crippen molar-refractivity contribution in [3.8, 4) is 0 Å². The third-order valence-corrected chi connectivity index (χ3v) is 8.23. The second kappa shape index (κ2) is 11.1. The van der Waals surface area contributed by atoms with Crippen LogP contribution in [0.1, 0.15) is 51.5 Å². The molecule has 0 bridgehead atoms. The Kier molecular flexibility index (Phi) is 7.83. The number of imidazole rings is 1. The first-order valence-electron chi connectivity index (χ1n) is 12.7. The number of benzene rings is 1. The number of primary amides is 1. The van der Waals surface area contributed by atoms with Gasteiger partial charge in [0.15, 0.2) is 5.65 Å². The van der Waals surface area contributed by atoms with E-state index in [1.165, 1.54) is 0 Å². The number of carbonyl (C=O) groups excluding carboxylic acids is 2. The number of halogens is 3. The predicted octanol–water partition coefficient (Wildman–Crippen LogP) is 5.17. The van der Waals surface area contributed by atoms with Crippen LogP contribution in [0.4, 0.5) is 17.6 Å². The zero-order valence-electron chi connectivity index (χ0n) is 20.9. The molecule has 38 heavy (non-hydrogen) atoms. The lowest BCUT2D eigenvalue weighted by Crippen LogP contribution is -2.41. The number of carbonyl (C=O) groups is 2. The molecule has 0 radical (unpaired) electrons. The molecule has 2 aliphatic rings. The third kappa shape index (κ3) is 5.62. The number of nitrogens with two attached hydrogens (primary N) is 1. The minimum Gasteiger partial charge on any atom is -0.369 e. The van der Waals surface area contributed by atoms with E-state index in [1.807, 2.05) is 9.47 Å². The van der Waals surface area contributed by atoms with E-state index in [2.05, 4.69) is 15.6 Å². The Labute approximate surface area is 235 Å². The van der Waals surface area contributed by atoms with Crippen molar-refractivity contribution in [2.24, 2.45) is 11.7 Å². The Balaban J connectivity index is 1.47. The first-order chi connectivity index (χ1) is 18.2. The number of hydrogen-bond donors (Lipinski definition) is 3. The van der Waals surface area contributed by atoms with Crippen molar-refractivity contribution in [2.45, 2.75) is 57.5 Å². The number of likely N-dealkylation sites (tertiary alicyclic amines) is 1. The highest BCUT2D eigenvalue weighted by molar-refractivity contribution is 6.41. The van der Waals surface area contributed by atoms with Crippen LogP contribution in [0.3, 0.4) is 0 Å². The minimum atomic E-state index is -0.262. The summed E-state index contributed by atoms with van der Waals surface area (Å²) in [5, 5.41) is 7.87. The largest absolute Gasteiger partial charge is 0.369 e. The second-order valence-electron chi connectivity index (χ2n) is 9.91. The fourth-order valence-corrected chi connectivity index (χ4v) is 6.22. The maximum Gasteiger partial charge on any atom is 0.224 e. The quantitative estimate of drug-likeness (QED) is 0.367. The molecule has 2 amide bonds. The third-order valence-electron chi connectivity index (χ3n) is 7.41. The number of nitrogens with one attached hydrogen (secondary N) is 2. The van der Waals surface area contributed by atoms with E-state index in [0.29, 0.717) is 69.7 Å². The van der Waals surface area contributed by atoms with Gasteiger partial charge in [-0.15, -0.1) is 0 Å². The van der Waals surface area contributed by atoms with Gasteiger partial charge >= 0.3 is 0 Å². The van der Waals surface area contributed by atoms with E-state index < -0.39 is 0 Å². The van der Waals surface area contributed by atoms with Gasteiger partial charge in [0.05, 0.1) is 21.9 Å². The van der Waals surface area contributed by atoms with Gasteiger partial charge in [-0.2, -0.15) is 4.98 Å². The number of rotatable bonds is 6. The molecule has 0 unspecified atom stereocenters. The summed E-state index contributed by atoms with van der Waals surface area (Å²) in [6, 6.07) is 3.42. The van der Waals surface area contributed by atoms with Gasteiger partial charge in [0.1, 0.15) is 5.52 Å². The van der Waals surface area contributed by atoms with Gasteiger partial charge in [-0.3, -0.25) is 14.2 Å². The molecule has 2 aromatic heterocycles. The summed E-state index contributed by atoms with van der Waals surface area (Å²) in [5.74, 6) is 0.721. The highest BCUT2D eigenvalue weighted by atomic mass is 35.5. The van der Waals surface area contributed by atoms with Gasteiger partial charge < -0.3 is 21.3 Å². The second-order valence-corrected chi connectivity index (χ2v) is 11.2. The fraction of sp³-hybridized carbons (Fsp3) is 0.480. The molecule has 13 heteroatoms. The Morgan fingerprint density at radius 2 is 1.66 bits per heavy atom. The van der Waals surface area contributed by atoms with E-state index >= 15 is 0 Å². The van der Waals surface area contributed by atoms with Gasteiger partial charge in [0, 0.05) is 43.0 Å². The minimum absolute atomic E-state index is 0.0320. The normalized spacial score (nSPS) is 20.5. The van der Waals surface area contributed by atoms with Crippen molar-refractivity contribution >= 4 is 75.4 Å². The lowest BCUT2D eigenvalue weighted by atomic mass is 9.85. The highest BCUT2D eigenvalue weighted by Crippen LogP contribution is 2.40. The molecule has 1 saturated carbocycles. The SMILES string of the molecule is CC(=O)N1CCC(Nc2ncc3nc(Nc4c(Cl)cc(Cl)cc4Cl)n([C@H]4CC[C@@H](C(N)=O)CC4)c3n2)CC1. The van der Waals surface area contributed by atoms with Crippen LogP contribution >= 0.6 is 34.8 Å². The maximum atomic E-state index is 11.8. The summed E-state index contributed by atoms with van der Waals surface area (Å²) in [4.78, 5) is 39.4. The summed E-state index contributed by atoms with van der Waals surface area (Å²) < 4.78 is 2.04. The highest BCUT2D eigenvalue weighted by Gasteiger charge is 2.30. The number of nitrogens with zero attached hydrogens (tertiary/aromatic N) is 5. The monoisotopic (exact) mass is 578 g/mol. The molecule has 3 aromatic rings. The number of piperidine rings is 1. The summed E-state index contributed by atoms with van der Waals surface area (Å²) >= 11 is 19.0. The van der Waals surface area contributed by atoms with Gasteiger partial charge in [0.2, 0.25) is 23.7 Å². The van der Waals surface area contributed by atoms with Gasteiger partial charge in [0.25, 0.3) is 0 Å². The molecule has 1 aromatic carbocycles. The zero-order chi connectivity index (χ0) is 27.0. The smallest absolute Gasteiger partial charge is 0.224 e. The Bertz CT molecular complexity index is 1340. The molecule has 0 spiro atoms. The number of fused-ring (bicyclic) bond motifs is 1. The van der Waals surface area contributed by atoms with Crippen molar-refractivity contribution < 1.29 is 9.59 Å². The molecular weight excluding hydrogens is 551 g/mol. The number of hydrogen-bond acceptors (Lipinski definition) is 7. The first-order valence-corrected chi connectivity index (χ1v) is 13.8. The molecule has 4 N–H and O–H groups in total. The molecule has 1 aliphatic carbocycles. The lowest BCUT2D eigenvalue weighted by molar-refractivity contribution is -0.129. The van der Waals surface area contributed by atoms with Gasteiger partial charge in [-0.05, 0) is 50.7 Å². The predicted molar refractivity (Wildman–Crippen MR) is 149 cm³/mol. The molecule has 202 valence electrons. The molecule has 10 nitrogen and oxygen atoms in total. The molecule has 1 aliphatic heterocycles. The first kappa shape index (κ1) is 26.8. The average molecular weight is 580 g/mol. The fourth-order valence-electron chi connectivity index (χ4n) is 5.31. The Morgan fingerprint density at radius 3 is 2.26 bits per heavy atom. The van der Waals surface area contributed by atoms with E-state index in [1.54, 1.807) is 25.3 Å². The summed E-state index contributed by atoms with van der Waals surface area (Å²) in [6.45, 7) is 3.00. The number of amides is 2. The van der Waals surface area contributed by atoms with E-state index in [0.717, 1.165) is 25.7 Å². The van der Waals surface area contributed by atoms with Crippen molar-refractivity contribution in [3.05, 3.63) is 33.4 Å². The Hall–Kier alpha value is -2.82. The summed E-state index contributed by atoms with van der Waals surface area (Å²) in [6.07, 6.45) is 6.18. The maximum absolute atomic E-state index is 11.8. The van der Waals surface area contributed by atoms with Gasteiger partial charge in [-0.25, -0.2) is 9.97 Å². The van der Waals surface area contributed by atoms with Crippen molar-refractivity contribution in [1.82, 2.24) is 24.4 Å². The van der Waals surface area contributed by atoms with Crippen molar-refractivity contribution in [1.29, 1.82) is 0 Å². The van der Waals surface area contributed by atoms with E-state index in [-0.39, 0.29) is 29.8 Å². The Morgan fingerprint density at radius 1 is 1.00 bits per heavy atom. The molecule has 3 heterocycles.